The average molecular weight is 256 g/mol. The Labute approximate surface area is 111 Å². The quantitative estimate of drug-likeness (QED) is 0.612. The second-order valence-corrected chi connectivity index (χ2v) is 4.20. The van der Waals surface area contributed by atoms with Gasteiger partial charge in [0.2, 0.25) is 0 Å². The Morgan fingerprint density at radius 3 is 2.26 bits per heavy atom. The molecule has 2 aromatic rings. The minimum atomic E-state index is -0.445. The van der Waals surface area contributed by atoms with Gasteiger partial charge in [-0.3, -0.25) is 9.59 Å². The molecule has 0 saturated heterocycles. The molecule has 0 bridgehead atoms. The van der Waals surface area contributed by atoms with Crippen LogP contribution in [0.5, 0.6) is 0 Å². The van der Waals surface area contributed by atoms with Gasteiger partial charge in [-0.2, -0.15) is 0 Å². The first-order valence-electron chi connectivity index (χ1n) is 6.20. The highest BCUT2D eigenvalue weighted by atomic mass is 16.2. The van der Waals surface area contributed by atoms with Crippen molar-refractivity contribution in [1.82, 2.24) is 0 Å². The summed E-state index contributed by atoms with van der Waals surface area (Å²) in [6.45, 7) is 2.98. The number of nitrogens with one attached hydrogen (secondary N) is 2. The third-order valence-corrected chi connectivity index (χ3v) is 2.85. The third-order valence-electron chi connectivity index (χ3n) is 2.85. The first-order valence-corrected chi connectivity index (χ1v) is 6.20. The van der Waals surface area contributed by atoms with Crippen LogP contribution in [-0.4, -0.2) is 6.54 Å². The molecule has 19 heavy (non-hydrogen) atoms. The van der Waals surface area contributed by atoms with Gasteiger partial charge in [-0.05, 0) is 12.5 Å². The van der Waals surface area contributed by atoms with Crippen molar-refractivity contribution >= 4 is 11.4 Å². The van der Waals surface area contributed by atoms with Gasteiger partial charge in [0, 0.05) is 13.1 Å². The zero-order valence-corrected chi connectivity index (χ0v) is 10.8. The van der Waals surface area contributed by atoms with Crippen molar-refractivity contribution in [3.05, 3.63) is 68.5 Å². The fourth-order valence-electron chi connectivity index (χ4n) is 1.79. The van der Waals surface area contributed by atoms with E-state index in [1.165, 1.54) is 0 Å². The van der Waals surface area contributed by atoms with Crippen LogP contribution < -0.4 is 21.5 Å². The second-order valence-electron chi connectivity index (χ2n) is 4.20. The van der Waals surface area contributed by atoms with Crippen LogP contribution in [0.4, 0.5) is 11.4 Å². The molecule has 0 aromatic heterocycles. The molecule has 2 rings (SSSR count). The van der Waals surface area contributed by atoms with E-state index in [9.17, 15) is 9.59 Å². The van der Waals surface area contributed by atoms with E-state index < -0.39 is 10.9 Å². The molecular formula is C15H16N2O2. The number of hydrogen-bond donors (Lipinski definition) is 2. The summed E-state index contributed by atoms with van der Waals surface area (Å²) in [5, 5.41) is 5.96. The predicted octanol–water partition coefficient (Wildman–Crippen LogP) is 1.88. The molecule has 2 N–H and O–H groups in total. The van der Waals surface area contributed by atoms with E-state index in [0.717, 1.165) is 5.56 Å². The van der Waals surface area contributed by atoms with E-state index in [2.05, 4.69) is 10.6 Å². The molecule has 0 saturated carbocycles. The van der Waals surface area contributed by atoms with Crippen molar-refractivity contribution in [2.45, 2.75) is 13.5 Å². The molecule has 0 aliphatic heterocycles. The molecule has 4 heteroatoms. The Morgan fingerprint density at radius 2 is 1.63 bits per heavy atom. The lowest BCUT2D eigenvalue weighted by Crippen LogP contribution is -2.37. The maximum absolute atomic E-state index is 11.5. The minimum absolute atomic E-state index is 0.387. The zero-order chi connectivity index (χ0) is 13.7. The molecule has 0 amide bonds. The number of benzene rings is 1. The van der Waals surface area contributed by atoms with Crippen LogP contribution in [0.3, 0.4) is 0 Å². The Hall–Kier alpha value is -2.36. The molecule has 0 aliphatic rings. The van der Waals surface area contributed by atoms with Crippen LogP contribution in [0.1, 0.15) is 12.5 Å². The van der Waals surface area contributed by atoms with Crippen molar-refractivity contribution in [3.63, 3.8) is 0 Å². The lowest BCUT2D eigenvalue weighted by atomic mass is 10.1. The van der Waals surface area contributed by atoms with E-state index in [1.54, 1.807) is 0 Å². The highest BCUT2D eigenvalue weighted by molar-refractivity contribution is 5.74. The van der Waals surface area contributed by atoms with Gasteiger partial charge in [-0.25, -0.2) is 0 Å². The summed E-state index contributed by atoms with van der Waals surface area (Å²) in [5.74, 6) is 0. The lowest BCUT2D eigenvalue weighted by Gasteiger charge is -2.13. The fourth-order valence-corrected chi connectivity index (χ4v) is 1.79. The van der Waals surface area contributed by atoms with Crippen LogP contribution in [0.15, 0.2) is 52.1 Å². The Bertz CT molecular complexity index is 638. The fraction of sp³-hybridized carbons (Fsp3) is 0.200. The molecular weight excluding hydrogens is 240 g/mol. The number of anilines is 2. The summed E-state index contributed by atoms with van der Waals surface area (Å²) >= 11 is 0. The predicted molar refractivity (Wildman–Crippen MR) is 78.4 cm³/mol. The van der Waals surface area contributed by atoms with Gasteiger partial charge in [-0.15, -0.1) is 0 Å². The number of allylic oxidation sites excluding steroid dienone is 1. The van der Waals surface area contributed by atoms with Gasteiger partial charge in [0.25, 0.3) is 10.9 Å². The molecule has 0 atom stereocenters. The Morgan fingerprint density at radius 1 is 1.00 bits per heavy atom. The summed E-state index contributed by atoms with van der Waals surface area (Å²) in [6, 6.07) is 9.73. The van der Waals surface area contributed by atoms with Crippen LogP contribution >= 0.6 is 0 Å². The summed E-state index contributed by atoms with van der Waals surface area (Å²) in [5.41, 5.74) is 0.950. The molecule has 2 aromatic carbocycles. The highest BCUT2D eigenvalue weighted by Gasteiger charge is 2.19. The lowest BCUT2D eigenvalue weighted by molar-refractivity contribution is 1.12. The largest absolute Gasteiger partial charge is 0.376 e. The van der Waals surface area contributed by atoms with Crippen molar-refractivity contribution < 1.29 is 0 Å². The highest BCUT2D eigenvalue weighted by Crippen LogP contribution is 2.15. The first kappa shape index (κ1) is 13.1. The van der Waals surface area contributed by atoms with Gasteiger partial charge >= 0.3 is 0 Å². The molecule has 0 fully saturated rings. The van der Waals surface area contributed by atoms with Gasteiger partial charge in [0.1, 0.15) is 11.4 Å². The van der Waals surface area contributed by atoms with Crippen molar-refractivity contribution in [2.75, 3.05) is 17.2 Å². The second kappa shape index (κ2) is 6.00. The maximum Gasteiger partial charge on any atom is 0.253 e. The van der Waals surface area contributed by atoms with E-state index in [0.29, 0.717) is 24.5 Å². The normalized spacial score (nSPS) is 11.0. The van der Waals surface area contributed by atoms with Crippen LogP contribution in [0.2, 0.25) is 0 Å². The number of rotatable bonds is 6. The van der Waals surface area contributed by atoms with Crippen LogP contribution in [-0.2, 0) is 6.54 Å². The van der Waals surface area contributed by atoms with Gasteiger partial charge < -0.3 is 10.6 Å². The van der Waals surface area contributed by atoms with E-state index >= 15 is 0 Å². The van der Waals surface area contributed by atoms with Crippen molar-refractivity contribution in [1.29, 1.82) is 0 Å². The smallest absolute Gasteiger partial charge is 0.253 e. The average Bonchev–Trinajstić information content (AvgIpc) is 2.46. The summed E-state index contributed by atoms with van der Waals surface area (Å²) in [7, 11) is 0. The van der Waals surface area contributed by atoms with Crippen molar-refractivity contribution in [2.24, 2.45) is 0 Å². The third kappa shape index (κ3) is 2.91. The van der Waals surface area contributed by atoms with Gasteiger partial charge in [0.15, 0.2) is 0 Å². The molecule has 4 nitrogen and oxygen atoms in total. The Kier molecular flexibility index (Phi) is 4.13. The minimum Gasteiger partial charge on any atom is -0.376 e. The molecule has 0 unspecified atom stereocenters. The van der Waals surface area contributed by atoms with Gasteiger partial charge in [0.05, 0.1) is 0 Å². The first-order chi connectivity index (χ1) is 9.24. The Balaban J connectivity index is 2.03. The number of hydrogen-bond acceptors (Lipinski definition) is 4. The molecule has 0 aliphatic carbocycles. The van der Waals surface area contributed by atoms with Crippen LogP contribution in [0, 0.1) is 0 Å². The molecule has 98 valence electrons. The SMILES string of the molecule is C/C=C\CNc1c(NCc2ccccc2)c(=O)c1=O. The van der Waals surface area contributed by atoms with E-state index in [1.807, 2.05) is 49.4 Å². The topological polar surface area (TPSA) is 58.2 Å². The van der Waals surface area contributed by atoms with Crippen LogP contribution in [0.25, 0.3) is 0 Å². The zero-order valence-electron chi connectivity index (χ0n) is 10.8. The van der Waals surface area contributed by atoms with Crippen molar-refractivity contribution in [3.8, 4) is 0 Å². The van der Waals surface area contributed by atoms with Gasteiger partial charge in [-0.1, -0.05) is 42.5 Å². The summed E-state index contributed by atoms with van der Waals surface area (Å²) < 4.78 is 0. The summed E-state index contributed by atoms with van der Waals surface area (Å²) in [6.07, 6.45) is 3.77. The maximum atomic E-state index is 11.5. The molecule has 0 spiro atoms. The summed E-state index contributed by atoms with van der Waals surface area (Å²) in [4.78, 5) is 22.9. The monoisotopic (exact) mass is 256 g/mol. The molecule has 0 heterocycles. The van der Waals surface area contributed by atoms with E-state index in [4.69, 9.17) is 0 Å². The standard InChI is InChI=1S/C15H16N2O2/c1-2-3-9-16-12-13(15(19)14(12)18)17-10-11-7-5-4-6-8-11/h2-8,16-17H,9-10H2,1H3/b3-2-. The molecule has 0 radical (unpaired) electrons. The van der Waals surface area contributed by atoms with E-state index in [-0.39, 0.29) is 0 Å².